The maximum absolute atomic E-state index is 3.47. The predicted octanol–water partition coefficient (Wildman–Crippen LogP) is 3.80. The molecule has 0 N–H and O–H groups in total. The normalized spacial score (nSPS) is 10.2. The van der Waals surface area contributed by atoms with E-state index in [1.165, 1.54) is 20.3 Å². The summed E-state index contributed by atoms with van der Waals surface area (Å²) in [6, 6.07) is 4.44. The molecule has 0 aliphatic rings. The second-order valence-corrected chi connectivity index (χ2v) is 4.39. The van der Waals surface area contributed by atoms with Crippen molar-refractivity contribution in [3.63, 3.8) is 0 Å². The van der Waals surface area contributed by atoms with Crippen molar-refractivity contribution in [2.45, 2.75) is 19.2 Å². The third-order valence-electron chi connectivity index (χ3n) is 1.74. The Morgan fingerprint density at radius 2 is 2.00 bits per heavy atom. The summed E-state index contributed by atoms with van der Waals surface area (Å²) in [6.45, 7) is 4.30. The number of hydrogen-bond acceptors (Lipinski definition) is 0. The molecule has 0 bridgehead atoms. The van der Waals surface area contributed by atoms with Gasteiger partial charge in [-0.25, -0.2) is 0 Å². The van der Waals surface area contributed by atoms with Crippen molar-refractivity contribution in [2.75, 3.05) is 0 Å². The van der Waals surface area contributed by atoms with Gasteiger partial charge in [-0.3, -0.25) is 0 Å². The first-order valence-corrected chi connectivity index (χ1v) is 5.66. The van der Waals surface area contributed by atoms with Crippen molar-refractivity contribution in [1.29, 1.82) is 0 Å². The summed E-state index contributed by atoms with van der Waals surface area (Å²) in [4.78, 5) is 0. The Balaban J connectivity index is 3.24. The lowest BCUT2D eigenvalue weighted by Gasteiger charge is -2.05. The van der Waals surface area contributed by atoms with Gasteiger partial charge in [0, 0.05) is 8.90 Å². The van der Waals surface area contributed by atoms with Gasteiger partial charge in [0.05, 0.1) is 0 Å². The largest absolute Gasteiger partial charge is 0.0876 e. The summed E-state index contributed by atoms with van der Waals surface area (Å²) >= 11 is 5.85. The SMILES string of the molecule is Cc1cc(I)c(C)c(CBr)c1. The molecule has 2 heteroatoms. The molecular weight excluding hydrogens is 315 g/mol. The second-order valence-electron chi connectivity index (χ2n) is 2.66. The highest BCUT2D eigenvalue weighted by atomic mass is 127. The van der Waals surface area contributed by atoms with E-state index in [-0.39, 0.29) is 0 Å². The van der Waals surface area contributed by atoms with E-state index in [2.05, 4.69) is 64.5 Å². The lowest BCUT2D eigenvalue weighted by molar-refractivity contribution is 1.26. The predicted molar refractivity (Wildman–Crippen MR) is 61.3 cm³/mol. The van der Waals surface area contributed by atoms with E-state index in [1.54, 1.807) is 0 Å². The van der Waals surface area contributed by atoms with Crippen LogP contribution in [0.3, 0.4) is 0 Å². The zero-order valence-corrected chi connectivity index (χ0v) is 10.4. The fraction of sp³-hybridized carbons (Fsp3) is 0.333. The molecule has 0 spiro atoms. The maximum atomic E-state index is 3.47. The van der Waals surface area contributed by atoms with Crippen LogP contribution in [0.15, 0.2) is 12.1 Å². The summed E-state index contributed by atoms with van der Waals surface area (Å²) in [5, 5.41) is 0.955. The average Bonchev–Trinajstić information content (AvgIpc) is 1.96. The number of hydrogen-bond donors (Lipinski definition) is 0. The lowest BCUT2D eigenvalue weighted by Crippen LogP contribution is -1.89. The molecule has 0 aliphatic heterocycles. The van der Waals surface area contributed by atoms with Crippen LogP contribution in [0.25, 0.3) is 0 Å². The number of aryl methyl sites for hydroxylation is 1. The Bertz CT molecular complexity index is 269. The minimum absolute atomic E-state index is 0.955. The summed E-state index contributed by atoms with van der Waals surface area (Å²) in [5.74, 6) is 0. The van der Waals surface area contributed by atoms with Crippen molar-refractivity contribution in [1.82, 2.24) is 0 Å². The van der Waals surface area contributed by atoms with Crippen LogP contribution in [0.2, 0.25) is 0 Å². The molecule has 0 radical (unpaired) electrons. The van der Waals surface area contributed by atoms with Gasteiger partial charge in [0.1, 0.15) is 0 Å². The zero-order valence-electron chi connectivity index (χ0n) is 6.62. The molecule has 1 aromatic carbocycles. The molecule has 11 heavy (non-hydrogen) atoms. The van der Waals surface area contributed by atoms with Gasteiger partial charge in [0.2, 0.25) is 0 Å². The smallest absolute Gasteiger partial charge is 0.0286 e. The first-order valence-electron chi connectivity index (χ1n) is 3.46. The Morgan fingerprint density at radius 1 is 1.36 bits per heavy atom. The molecule has 0 aliphatic carbocycles. The molecule has 0 heterocycles. The number of alkyl halides is 1. The monoisotopic (exact) mass is 324 g/mol. The summed E-state index contributed by atoms with van der Waals surface area (Å²) in [5.41, 5.74) is 4.14. The molecule has 0 nitrogen and oxygen atoms in total. The highest BCUT2D eigenvalue weighted by molar-refractivity contribution is 14.1. The maximum Gasteiger partial charge on any atom is 0.0286 e. The molecule has 0 unspecified atom stereocenters. The van der Waals surface area contributed by atoms with Crippen LogP contribution in [-0.4, -0.2) is 0 Å². The molecule has 1 rings (SSSR count). The fourth-order valence-electron chi connectivity index (χ4n) is 1.03. The molecule has 0 amide bonds. The van der Waals surface area contributed by atoms with Crippen molar-refractivity contribution >= 4 is 38.5 Å². The van der Waals surface area contributed by atoms with Gasteiger partial charge in [-0.2, -0.15) is 0 Å². The third-order valence-corrected chi connectivity index (χ3v) is 3.46. The second kappa shape index (κ2) is 3.90. The molecular formula is C9H10BrI. The van der Waals surface area contributed by atoms with E-state index in [9.17, 15) is 0 Å². The topological polar surface area (TPSA) is 0 Å². The lowest BCUT2D eigenvalue weighted by atomic mass is 10.1. The van der Waals surface area contributed by atoms with Crippen LogP contribution < -0.4 is 0 Å². The average molecular weight is 325 g/mol. The Hall–Kier alpha value is 0.430. The summed E-state index contributed by atoms with van der Waals surface area (Å²) < 4.78 is 1.36. The first kappa shape index (κ1) is 9.52. The number of benzene rings is 1. The van der Waals surface area contributed by atoms with Crippen molar-refractivity contribution in [3.05, 3.63) is 32.4 Å². The Labute approximate surface area is 89.7 Å². The van der Waals surface area contributed by atoms with Gasteiger partial charge in [0.15, 0.2) is 0 Å². The minimum Gasteiger partial charge on any atom is -0.0876 e. The number of halogens is 2. The van der Waals surface area contributed by atoms with Crippen LogP contribution in [0, 0.1) is 17.4 Å². The first-order chi connectivity index (χ1) is 5.15. The van der Waals surface area contributed by atoms with Crippen LogP contribution in [0.4, 0.5) is 0 Å². The molecule has 0 atom stereocenters. The fourth-order valence-corrected chi connectivity index (χ4v) is 2.45. The van der Waals surface area contributed by atoms with E-state index >= 15 is 0 Å². The van der Waals surface area contributed by atoms with Gasteiger partial charge in [-0.15, -0.1) is 0 Å². The van der Waals surface area contributed by atoms with Crippen LogP contribution in [0.1, 0.15) is 16.7 Å². The van der Waals surface area contributed by atoms with Gasteiger partial charge in [-0.05, 0) is 59.2 Å². The van der Waals surface area contributed by atoms with Crippen molar-refractivity contribution in [2.24, 2.45) is 0 Å². The molecule has 0 aromatic heterocycles. The van der Waals surface area contributed by atoms with Gasteiger partial charge in [0.25, 0.3) is 0 Å². The van der Waals surface area contributed by atoms with E-state index in [4.69, 9.17) is 0 Å². The molecule has 0 fully saturated rings. The highest BCUT2D eigenvalue weighted by Gasteiger charge is 2.01. The third kappa shape index (κ3) is 2.18. The van der Waals surface area contributed by atoms with Gasteiger partial charge < -0.3 is 0 Å². The minimum atomic E-state index is 0.955. The van der Waals surface area contributed by atoms with Gasteiger partial charge in [-0.1, -0.05) is 22.0 Å². The Morgan fingerprint density at radius 3 is 2.55 bits per heavy atom. The van der Waals surface area contributed by atoms with E-state index < -0.39 is 0 Å². The molecule has 0 saturated carbocycles. The van der Waals surface area contributed by atoms with Crippen LogP contribution in [0.5, 0.6) is 0 Å². The summed E-state index contributed by atoms with van der Waals surface area (Å²) in [7, 11) is 0. The molecule has 60 valence electrons. The van der Waals surface area contributed by atoms with Crippen molar-refractivity contribution < 1.29 is 0 Å². The standard InChI is InChI=1S/C9H10BrI/c1-6-3-8(5-10)7(2)9(11)4-6/h3-4H,5H2,1-2H3. The van der Waals surface area contributed by atoms with Crippen LogP contribution >= 0.6 is 38.5 Å². The molecule has 1 aromatic rings. The van der Waals surface area contributed by atoms with E-state index in [0.29, 0.717) is 0 Å². The highest BCUT2D eigenvalue weighted by Crippen LogP contribution is 2.20. The molecule has 0 saturated heterocycles. The van der Waals surface area contributed by atoms with Crippen LogP contribution in [-0.2, 0) is 5.33 Å². The van der Waals surface area contributed by atoms with Crippen molar-refractivity contribution in [3.8, 4) is 0 Å². The van der Waals surface area contributed by atoms with Gasteiger partial charge >= 0.3 is 0 Å². The van der Waals surface area contributed by atoms with E-state index in [1.807, 2.05) is 0 Å². The summed E-state index contributed by atoms with van der Waals surface area (Å²) in [6.07, 6.45) is 0. The Kier molecular flexibility index (Phi) is 3.37. The van der Waals surface area contributed by atoms with E-state index in [0.717, 1.165) is 5.33 Å². The zero-order chi connectivity index (χ0) is 8.43. The quantitative estimate of drug-likeness (QED) is 0.544. The number of rotatable bonds is 1.